The number of carbonyl (C=O) groups excluding carboxylic acids is 1. The maximum Gasteiger partial charge on any atom is 0.323 e. The highest BCUT2D eigenvalue weighted by atomic mass is 32.1. The van der Waals surface area contributed by atoms with Crippen LogP contribution in [0.2, 0.25) is 0 Å². The molecule has 3 rings (SSSR count). The molecule has 1 saturated heterocycles. The Balaban J connectivity index is 1.59. The third-order valence-corrected chi connectivity index (χ3v) is 5.13. The summed E-state index contributed by atoms with van der Waals surface area (Å²) in [5.41, 5.74) is 1.51. The first-order chi connectivity index (χ1) is 11.5. The number of nitrogens with one attached hydrogen (secondary N) is 1. The van der Waals surface area contributed by atoms with Crippen molar-refractivity contribution in [2.75, 3.05) is 25.0 Å². The van der Waals surface area contributed by atoms with E-state index >= 15 is 0 Å². The number of hydrogen-bond acceptors (Lipinski definition) is 4. The third-order valence-electron chi connectivity index (χ3n) is 4.21. The normalized spacial score (nSPS) is 17.3. The summed E-state index contributed by atoms with van der Waals surface area (Å²) >= 11 is 1.39. The van der Waals surface area contributed by atoms with E-state index in [0.717, 1.165) is 16.9 Å². The second-order valence-corrected chi connectivity index (χ2v) is 7.22. The van der Waals surface area contributed by atoms with Crippen molar-refractivity contribution >= 4 is 22.5 Å². The lowest BCUT2D eigenvalue weighted by Crippen LogP contribution is -2.33. The predicted octanol–water partition coefficient (Wildman–Crippen LogP) is 3.03. The van der Waals surface area contributed by atoms with Gasteiger partial charge in [0, 0.05) is 43.1 Å². The van der Waals surface area contributed by atoms with Gasteiger partial charge in [0.2, 0.25) is 0 Å². The van der Waals surface area contributed by atoms with Gasteiger partial charge in [-0.2, -0.15) is 0 Å². The Kier molecular flexibility index (Phi) is 5.11. The van der Waals surface area contributed by atoms with Crippen LogP contribution in [0.5, 0.6) is 0 Å². The number of aromatic nitrogens is 1. The first-order valence-electron chi connectivity index (χ1n) is 7.91. The van der Waals surface area contributed by atoms with Gasteiger partial charge in [-0.3, -0.25) is 5.32 Å². The van der Waals surface area contributed by atoms with Gasteiger partial charge in [-0.1, -0.05) is 12.1 Å². The van der Waals surface area contributed by atoms with E-state index in [4.69, 9.17) is 5.11 Å². The fourth-order valence-corrected chi connectivity index (χ4v) is 3.57. The average Bonchev–Trinajstić information content (AvgIpc) is 3.20. The SMILES string of the molecule is Cc1ccc(Cc2cnc(NC(=O)N3CCC(CO)C3)s2)cc1F. The van der Waals surface area contributed by atoms with Gasteiger partial charge in [0.25, 0.3) is 0 Å². The van der Waals surface area contributed by atoms with Crippen molar-refractivity contribution in [1.29, 1.82) is 0 Å². The molecule has 2 N–H and O–H groups in total. The van der Waals surface area contributed by atoms with Crippen LogP contribution in [0.15, 0.2) is 24.4 Å². The van der Waals surface area contributed by atoms with Crippen molar-refractivity contribution in [3.63, 3.8) is 0 Å². The van der Waals surface area contributed by atoms with Crippen LogP contribution in [0.25, 0.3) is 0 Å². The number of urea groups is 1. The number of hydrogen-bond donors (Lipinski definition) is 2. The number of nitrogens with zero attached hydrogens (tertiary/aromatic N) is 2. The zero-order valence-corrected chi connectivity index (χ0v) is 14.3. The van der Waals surface area contributed by atoms with E-state index in [9.17, 15) is 9.18 Å². The van der Waals surface area contributed by atoms with Gasteiger partial charge in [-0.15, -0.1) is 11.3 Å². The summed E-state index contributed by atoms with van der Waals surface area (Å²) in [5.74, 6) is -0.0444. The molecule has 0 spiro atoms. The Morgan fingerprint density at radius 2 is 2.38 bits per heavy atom. The number of rotatable bonds is 4. The molecular formula is C17H20FN3O2S. The lowest BCUT2D eigenvalue weighted by atomic mass is 10.1. The van der Waals surface area contributed by atoms with Crippen LogP contribution < -0.4 is 5.32 Å². The summed E-state index contributed by atoms with van der Waals surface area (Å²) in [6.45, 7) is 3.07. The maximum atomic E-state index is 13.6. The molecule has 2 heterocycles. The molecule has 0 radical (unpaired) electrons. The van der Waals surface area contributed by atoms with Gasteiger partial charge in [0.15, 0.2) is 5.13 Å². The van der Waals surface area contributed by atoms with Gasteiger partial charge >= 0.3 is 6.03 Å². The minimum atomic E-state index is -0.210. The van der Waals surface area contributed by atoms with E-state index in [1.54, 1.807) is 24.1 Å². The first-order valence-corrected chi connectivity index (χ1v) is 8.73. The predicted molar refractivity (Wildman–Crippen MR) is 91.8 cm³/mol. The molecule has 1 aromatic carbocycles. The van der Waals surface area contributed by atoms with Crippen LogP contribution in [0, 0.1) is 18.7 Å². The maximum absolute atomic E-state index is 13.6. The molecule has 2 amide bonds. The summed E-state index contributed by atoms with van der Waals surface area (Å²) < 4.78 is 13.6. The van der Waals surface area contributed by atoms with Crippen molar-refractivity contribution in [2.45, 2.75) is 19.8 Å². The molecule has 1 aromatic heterocycles. The highest BCUT2D eigenvalue weighted by molar-refractivity contribution is 7.15. The zero-order chi connectivity index (χ0) is 17.1. The van der Waals surface area contributed by atoms with E-state index in [1.807, 2.05) is 6.07 Å². The number of carbonyl (C=O) groups is 1. The Labute approximate surface area is 144 Å². The number of likely N-dealkylation sites (tertiary alicyclic amines) is 1. The van der Waals surface area contributed by atoms with E-state index in [2.05, 4.69) is 10.3 Å². The number of aliphatic hydroxyl groups excluding tert-OH is 1. The van der Waals surface area contributed by atoms with Gasteiger partial charge in [-0.25, -0.2) is 14.2 Å². The first kappa shape index (κ1) is 16.9. The molecule has 1 atom stereocenters. The van der Waals surface area contributed by atoms with Crippen molar-refractivity contribution in [3.8, 4) is 0 Å². The second-order valence-electron chi connectivity index (χ2n) is 6.11. The number of aliphatic hydroxyl groups is 1. The second kappa shape index (κ2) is 7.27. The molecule has 1 aliphatic rings. The Hall–Kier alpha value is -1.99. The average molecular weight is 349 g/mol. The van der Waals surface area contributed by atoms with Gasteiger partial charge in [-0.05, 0) is 30.5 Å². The number of benzene rings is 1. The summed E-state index contributed by atoms with van der Waals surface area (Å²) in [6, 6.07) is 5.01. The van der Waals surface area contributed by atoms with E-state index < -0.39 is 0 Å². The lowest BCUT2D eigenvalue weighted by Gasteiger charge is -2.15. The van der Waals surface area contributed by atoms with Crippen LogP contribution in [-0.2, 0) is 6.42 Å². The van der Waals surface area contributed by atoms with Crippen LogP contribution in [0.4, 0.5) is 14.3 Å². The molecule has 0 saturated carbocycles. The van der Waals surface area contributed by atoms with Crippen LogP contribution in [-0.4, -0.2) is 40.7 Å². The molecular weight excluding hydrogens is 329 g/mol. The van der Waals surface area contributed by atoms with E-state index in [0.29, 0.717) is 30.2 Å². The van der Waals surface area contributed by atoms with Crippen molar-refractivity contribution in [3.05, 3.63) is 46.2 Å². The van der Waals surface area contributed by atoms with Gasteiger partial charge < -0.3 is 10.0 Å². The monoisotopic (exact) mass is 349 g/mol. The summed E-state index contributed by atoms with van der Waals surface area (Å²) in [7, 11) is 0. The van der Waals surface area contributed by atoms with E-state index in [-0.39, 0.29) is 24.4 Å². The molecule has 24 heavy (non-hydrogen) atoms. The third kappa shape index (κ3) is 3.91. The Morgan fingerprint density at radius 3 is 3.08 bits per heavy atom. The van der Waals surface area contributed by atoms with Crippen molar-refractivity contribution in [2.24, 2.45) is 5.92 Å². The number of aryl methyl sites for hydroxylation is 1. The number of thiazole rings is 1. The lowest BCUT2D eigenvalue weighted by molar-refractivity contribution is 0.209. The molecule has 0 bridgehead atoms. The molecule has 1 unspecified atom stereocenters. The highest BCUT2D eigenvalue weighted by Gasteiger charge is 2.26. The standard InChI is InChI=1S/C17H20FN3O2S/c1-11-2-3-12(7-15(11)18)6-14-8-19-16(24-14)20-17(23)21-5-4-13(9-21)10-22/h2-3,7-8,13,22H,4-6,9-10H2,1H3,(H,19,20,23). The Morgan fingerprint density at radius 1 is 1.54 bits per heavy atom. The van der Waals surface area contributed by atoms with Gasteiger partial charge in [0.05, 0.1) is 0 Å². The molecule has 1 fully saturated rings. The van der Waals surface area contributed by atoms with E-state index in [1.165, 1.54) is 17.4 Å². The van der Waals surface area contributed by atoms with Crippen LogP contribution in [0.3, 0.4) is 0 Å². The minimum absolute atomic E-state index is 0.109. The van der Waals surface area contributed by atoms with Crippen LogP contribution in [0.1, 0.15) is 22.4 Å². The number of amides is 2. The smallest absolute Gasteiger partial charge is 0.323 e. The fourth-order valence-electron chi connectivity index (χ4n) is 2.73. The molecule has 7 heteroatoms. The summed E-state index contributed by atoms with van der Waals surface area (Å²) in [4.78, 5) is 19.0. The quantitative estimate of drug-likeness (QED) is 0.892. The molecule has 128 valence electrons. The molecule has 2 aromatic rings. The van der Waals surface area contributed by atoms with Gasteiger partial charge in [0.1, 0.15) is 5.82 Å². The summed E-state index contributed by atoms with van der Waals surface area (Å²) in [6.07, 6.45) is 3.12. The Bertz CT molecular complexity index is 734. The molecule has 5 nitrogen and oxygen atoms in total. The fraction of sp³-hybridized carbons (Fsp3) is 0.412. The van der Waals surface area contributed by atoms with Crippen molar-refractivity contribution in [1.82, 2.24) is 9.88 Å². The van der Waals surface area contributed by atoms with Crippen LogP contribution >= 0.6 is 11.3 Å². The number of halogens is 1. The molecule has 1 aliphatic heterocycles. The van der Waals surface area contributed by atoms with Crippen molar-refractivity contribution < 1.29 is 14.3 Å². The largest absolute Gasteiger partial charge is 0.396 e. The highest BCUT2D eigenvalue weighted by Crippen LogP contribution is 2.23. The zero-order valence-electron chi connectivity index (χ0n) is 13.5. The number of anilines is 1. The topological polar surface area (TPSA) is 65.5 Å². The minimum Gasteiger partial charge on any atom is -0.396 e. The summed E-state index contributed by atoms with van der Waals surface area (Å²) in [5, 5.41) is 12.5. The molecule has 0 aliphatic carbocycles.